The molecule has 1 aliphatic heterocycles. The molecule has 0 saturated carbocycles. The first-order chi connectivity index (χ1) is 11.0. The Morgan fingerprint density at radius 3 is 2.78 bits per heavy atom. The number of fused-ring (bicyclic) bond motifs is 1. The van der Waals surface area contributed by atoms with E-state index < -0.39 is 11.9 Å². The molecule has 0 bridgehead atoms. The van der Waals surface area contributed by atoms with Crippen molar-refractivity contribution in [1.29, 1.82) is 5.26 Å². The van der Waals surface area contributed by atoms with Crippen LogP contribution in [0.25, 0.3) is 0 Å². The number of nitrogens with zero attached hydrogens (tertiary/aromatic N) is 1. The molecule has 0 aromatic heterocycles. The largest absolute Gasteiger partial charge is 0.486 e. The second-order valence-corrected chi connectivity index (χ2v) is 5.75. The summed E-state index contributed by atoms with van der Waals surface area (Å²) in [5.41, 5.74) is 1.13. The van der Waals surface area contributed by atoms with Crippen molar-refractivity contribution in [2.45, 2.75) is 25.7 Å². The molecule has 1 unspecified atom stereocenters. The molecule has 23 heavy (non-hydrogen) atoms. The zero-order valence-electron chi connectivity index (χ0n) is 12.9. The lowest BCUT2D eigenvalue weighted by molar-refractivity contribution is -0.0443. The fraction of sp³-hybridized carbons (Fsp3) is 0.278. The normalized spacial score (nSPS) is 15.7. The molecule has 1 N–H and O–H groups in total. The van der Waals surface area contributed by atoms with Gasteiger partial charge in [0.05, 0.1) is 11.6 Å². The summed E-state index contributed by atoms with van der Waals surface area (Å²) in [5.74, 6) is 0.939. The van der Waals surface area contributed by atoms with Crippen LogP contribution in [0.15, 0.2) is 42.5 Å². The van der Waals surface area contributed by atoms with Crippen LogP contribution in [0.1, 0.15) is 31.1 Å². The van der Waals surface area contributed by atoms with Crippen molar-refractivity contribution in [2.75, 3.05) is 6.61 Å². The number of hydrogen-bond donors (Lipinski definition) is 1. The van der Waals surface area contributed by atoms with Crippen molar-refractivity contribution in [1.82, 2.24) is 0 Å². The summed E-state index contributed by atoms with van der Waals surface area (Å²) in [6.07, 6.45) is -0.838. The quantitative estimate of drug-likeness (QED) is 0.939. The Morgan fingerprint density at radius 1 is 1.22 bits per heavy atom. The van der Waals surface area contributed by atoms with Crippen LogP contribution >= 0.6 is 0 Å². The first-order valence-electron chi connectivity index (χ1n) is 7.30. The Balaban J connectivity index is 1.72. The highest BCUT2D eigenvalue weighted by molar-refractivity contribution is 5.53. The summed E-state index contributed by atoms with van der Waals surface area (Å²) < 4.78 is 17.1. The van der Waals surface area contributed by atoms with Crippen LogP contribution in [0.5, 0.6) is 17.2 Å². The third-order valence-electron chi connectivity index (χ3n) is 3.44. The van der Waals surface area contributed by atoms with Crippen LogP contribution in [0.4, 0.5) is 0 Å². The van der Waals surface area contributed by atoms with Crippen molar-refractivity contribution in [3.05, 3.63) is 53.6 Å². The minimum atomic E-state index is -0.838. The molecule has 1 atom stereocenters. The van der Waals surface area contributed by atoms with E-state index in [0.29, 0.717) is 28.4 Å². The molecule has 1 aliphatic rings. The van der Waals surface area contributed by atoms with Gasteiger partial charge in [0.1, 0.15) is 12.7 Å². The highest BCUT2D eigenvalue weighted by Crippen LogP contribution is 2.45. The van der Waals surface area contributed by atoms with Gasteiger partial charge in [-0.05, 0) is 29.8 Å². The topological polar surface area (TPSA) is 71.7 Å². The van der Waals surface area contributed by atoms with E-state index >= 15 is 0 Å². The van der Waals surface area contributed by atoms with Gasteiger partial charge in [0.2, 0.25) is 11.5 Å². The lowest BCUT2D eigenvalue weighted by Gasteiger charge is -2.17. The standard InChI is InChI=1S/C18H17NO4/c1-18(2)22-16-8-4-7-15(17(16)23-18)21-11-14(20)13-6-3-5-12(9-13)10-19/h3-9,14,20H,11H2,1-2H3. The van der Waals surface area contributed by atoms with Crippen molar-refractivity contribution in [2.24, 2.45) is 0 Å². The van der Waals surface area contributed by atoms with E-state index in [1.165, 1.54) is 0 Å². The van der Waals surface area contributed by atoms with E-state index in [0.717, 1.165) is 0 Å². The molecule has 5 nitrogen and oxygen atoms in total. The average Bonchev–Trinajstić information content (AvgIpc) is 2.87. The number of para-hydroxylation sites is 1. The number of ether oxygens (including phenoxy) is 3. The molecule has 3 rings (SSSR count). The second kappa shape index (κ2) is 5.82. The third-order valence-corrected chi connectivity index (χ3v) is 3.44. The van der Waals surface area contributed by atoms with Crippen LogP contribution in [0.3, 0.4) is 0 Å². The van der Waals surface area contributed by atoms with E-state index in [2.05, 4.69) is 6.07 Å². The Morgan fingerprint density at radius 2 is 2.00 bits per heavy atom. The fourth-order valence-electron chi connectivity index (χ4n) is 2.40. The maximum atomic E-state index is 10.2. The van der Waals surface area contributed by atoms with Gasteiger partial charge in [0.15, 0.2) is 11.5 Å². The molecule has 0 saturated heterocycles. The highest BCUT2D eigenvalue weighted by Gasteiger charge is 2.34. The van der Waals surface area contributed by atoms with Crippen molar-refractivity contribution in [3.63, 3.8) is 0 Å². The highest BCUT2D eigenvalue weighted by atomic mass is 16.7. The molecule has 0 aliphatic carbocycles. The summed E-state index contributed by atoms with van der Waals surface area (Å²) in [6.45, 7) is 3.69. The number of hydrogen-bond acceptors (Lipinski definition) is 5. The van der Waals surface area contributed by atoms with Crippen LogP contribution in [-0.4, -0.2) is 17.5 Å². The van der Waals surface area contributed by atoms with Crippen LogP contribution in [0, 0.1) is 11.3 Å². The predicted octanol–water partition coefficient (Wildman–Crippen LogP) is 3.18. The smallest absolute Gasteiger partial charge is 0.246 e. The van der Waals surface area contributed by atoms with Gasteiger partial charge >= 0.3 is 0 Å². The van der Waals surface area contributed by atoms with Gasteiger partial charge in [-0.25, -0.2) is 0 Å². The number of nitriles is 1. The molecule has 0 radical (unpaired) electrons. The van der Waals surface area contributed by atoms with Crippen molar-refractivity contribution < 1.29 is 19.3 Å². The molecule has 118 valence electrons. The zero-order chi connectivity index (χ0) is 16.4. The fourth-order valence-corrected chi connectivity index (χ4v) is 2.40. The number of aliphatic hydroxyl groups excluding tert-OH is 1. The first-order valence-corrected chi connectivity index (χ1v) is 7.30. The minimum Gasteiger partial charge on any atom is -0.486 e. The van der Waals surface area contributed by atoms with E-state index in [1.54, 1.807) is 30.3 Å². The number of benzene rings is 2. The monoisotopic (exact) mass is 311 g/mol. The van der Waals surface area contributed by atoms with E-state index in [-0.39, 0.29) is 6.61 Å². The summed E-state index contributed by atoms with van der Waals surface area (Å²) in [4.78, 5) is 0. The molecule has 2 aromatic carbocycles. The van der Waals surface area contributed by atoms with Crippen LogP contribution in [0.2, 0.25) is 0 Å². The Kier molecular flexibility index (Phi) is 3.85. The Hall–Kier alpha value is -2.71. The molecular weight excluding hydrogens is 294 g/mol. The zero-order valence-corrected chi connectivity index (χ0v) is 12.9. The third kappa shape index (κ3) is 3.22. The first kappa shape index (κ1) is 15.2. The lowest BCUT2D eigenvalue weighted by Crippen LogP contribution is -2.29. The Bertz CT molecular complexity index is 764. The van der Waals surface area contributed by atoms with E-state index in [4.69, 9.17) is 19.5 Å². The van der Waals surface area contributed by atoms with Gasteiger partial charge in [0, 0.05) is 13.8 Å². The van der Waals surface area contributed by atoms with Crippen molar-refractivity contribution >= 4 is 0 Å². The molecular formula is C18H17NO4. The maximum absolute atomic E-state index is 10.2. The van der Waals surface area contributed by atoms with Gasteiger partial charge in [-0.2, -0.15) is 5.26 Å². The summed E-state index contributed by atoms with van der Waals surface area (Å²) in [6, 6.07) is 14.3. The van der Waals surface area contributed by atoms with Gasteiger partial charge in [0.25, 0.3) is 0 Å². The predicted molar refractivity (Wildman–Crippen MR) is 83.4 cm³/mol. The number of rotatable bonds is 4. The van der Waals surface area contributed by atoms with Gasteiger partial charge in [-0.1, -0.05) is 18.2 Å². The summed E-state index contributed by atoms with van der Waals surface area (Å²) in [5, 5.41) is 19.2. The molecule has 0 spiro atoms. The van der Waals surface area contributed by atoms with Gasteiger partial charge < -0.3 is 19.3 Å². The van der Waals surface area contributed by atoms with Crippen molar-refractivity contribution in [3.8, 4) is 23.3 Å². The molecule has 5 heteroatoms. The lowest BCUT2D eigenvalue weighted by atomic mass is 10.1. The molecule has 1 heterocycles. The summed E-state index contributed by atoms with van der Waals surface area (Å²) in [7, 11) is 0. The molecule has 0 amide bonds. The van der Waals surface area contributed by atoms with Gasteiger partial charge in [-0.3, -0.25) is 0 Å². The summed E-state index contributed by atoms with van der Waals surface area (Å²) >= 11 is 0. The van der Waals surface area contributed by atoms with Crippen LogP contribution < -0.4 is 14.2 Å². The molecule has 0 fully saturated rings. The SMILES string of the molecule is CC1(C)Oc2cccc(OCC(O)c3cccc(C#N)c3)c2O1. The van der Waals surface area contributed by atoms with E-state index in [1.807, 2.05) is 26.0 Å². The van der Waals surface area contributed by atoms with E-state index in [9.17, 15) is 5.11 Å². The number of aliphatic hydroxyl groups is 1. The molecule has 2 aromatic rings. The Labute approximate surface area is 134 Å². The second-order valence-electron chi connectivity index (χ2n) is 5.75. The minimum absolute atomic E-state index is 0.0507. The van der Waals surface area contributed by atoms with Gasteiger partial charge in [-0.15, -0.1) is 0 Å². The average molecular weight is 311 g/mol. The van der Waals surface area contributed by atoms with Crippen LogP contribution in [-0.2, 0) is 0 Å². The maximum Gasteiger partial charge on any atom is 0.246 e.